The minimum atomic E-state index is -2.36. The first kappa shape index (κ1) is 26.1. The molecule has 1 fully saturated rings. The number of hydrogen-bond donors (Lipinski definition) is 1. The maximum absolute atomic E-state index is 14.6. The summed E-state index contributed by atoms with van der Waals surface area (Å²) in [6.45, 7) is -0.124. The molecule has 1 saturated carbocycles. The van der Waals surface area contributed by atoms with Crippen LogP contribution in [-0.4, -0.2) is 40.4 Å². The fourth-order valence-corrected chi connectivity index (χ4v) is 7.39. The average molecular weight is 611 g/mol. The van der Waals surface area contributed by atoms with Gasteiger partial charge in [-0.3, -0.25) is 9.59 Å². The van der Waals surface area contributed by atoms with Crippen molar-refractivity contribution in [3.05, 3.63) is 103 Å². The predicted molar refractivity (Wildman–Crippen MR) is 143 cm³/mol. The number of halogens is 5. The Morgan fingerprint density at radius 3 is 2.26 bits per heavy atom. The van der Waals surface area contributed by atoms with Crippen LogP contribution in [0.3, 0.4) is 0 Å². The number of phenolic OH excluding ortho intramolecular Hbond substituents is 1. The van der Waals surface area contributed by atoms with Gasteiger partial charge in [-0.2, -0.15) is 0 Å². The third-order valence-corrected chi connectivity index (χ3v) is 9.90. The number of ketones is 2. The second-order valence-electron chi connectivity index (χ2n) is 9.50. The number of hydrogen-bond acceptors (Lipinski definition) is 5. The largest absolute Gasteiger partial charge is 0.505 e. The Morgan fingerprint density at radius 2 is 1.56 bits per heavy atom. The zero-order chi connectivity index (χ0) is 28.0. The molecule has 0 saturated heterocycles. The van der Waals surface area contributed by atoms with Crippen LogP contribution in [0.2, 0.25) is 0 Å². The molecule has 2 aliphatic carbocycles. The molecule has 0 spiro atoms. The second-order valence-corrected chi connectivity index (χ2v) is 11.5. The molecule has 0 radical (unpaired) electrons. The van der Waals surface area contributed by atoms with E-state index in [2.05, 4.69) is 0 Å². The van der Waals surface area contributed by atoms with E-state index in [1.807, 2.05) is 0 Å². The Hall–Kier alpha value is -3.11. The van der Waals surface area contributed by atoms with Crippen molar-refractivity contribution < 1.29 is 19.1 Å². The summed E-state index contributed by atoms with van der Waals surface area (Å²) < 4.78 is 17.9. The molecule has 4 unspecified atom stereocenters. The molecule has 2 heterocycles. The van der Waals surface area contributed by atoms with Crippen LogP contribution in [0.25, 0.3) is 5.69 Å². The molecule has 39 heavy (non-hydrogen) atoms. The van der Waals surface area contributed by atoms with Crippen LogP contribution >= 0.6 is 46.4 Å². The lowest BCUT2D eigenvalue weighted by Crippen LogP contribution is -2.67. The van der Waals surface area contributed by atoms with Crippen LogP contribution in [-0.2, 0) is 16.1 Å². The molecule has 4 atom stereocenters. The van der Waals surface area contributed by atoms with Gasteiger partial charge in [0.2, 0.25) is 0 Å². The van der Waals surface area contributed by atoms with E-state index in [9.17, 15) is 28.7 Å². The van der Waals surface area contributed by atoms with Gasteiger partial charge in [0.05, 0.1) is 18.3 Å². The van der Waals surface area contributed by atoms with E-state index in [0.29, 0.717) is 5.69 Å². The van der Waals surface area contributed by atoms with Crippen molar-refractivity contribution in [1.82, 2.24) is 13.9 Å². The molecule has 8 nitrogen and oxygen atoms in total. The standard InChI is InChI=1S/C26H16Cl4FN3O5/c27-18-19(28)22(37)26(30)17(14-7-4-8-15(31)20(14)35)13-9-10-32-23(38)33(12-5-2-1-3-6-12)24(39)34(32)16(13)11-25(26,29)21(18)36/h1-9,16-17,35H,10-11H2. The summed E-state index contributed by atoms with van der Waals surface area (Å²) in [5.41, 5.74) is -0.947. The number of nitrogens with zero attached hydrogens (tertiary/aromatic N) is 3. The van der Waals surface area contributed by atoms with Crippen LogP contribution in [0.1, 0.15) is 23.9 Å². The normalized spacial score (nSPS) is 28.1. The van der Waals surface area contributed by atoms with Crippen LogP contribution < -0.4 is 11.4 Å². The van der Waals surface area contributed by atoms with Gasteiger partial charge < -0.3 is 5.11 Å². The molecule has 200 valence electrons. The number of fused-ring (bicyclic) bond motifs is 4. The Balaban J connectivity index is 1.67. The number of para-hydroxylation sites is 2. The summed E-state index contributed by atoms with van der Waals surface area (Å²) in [7, 11) is 0. The number of carbonyl (C=O) groups is 2. The highest BCUT2D eigenvalue weighted by molar-refractivity contribution is 6.66. The predicted octanol–water partition coefficient (Wildman–Crippen LogP) is 4.11. The summed E-state index contributed by atoms with van der Waals surface area (Å²) in [6, 6.07) is 10.7. The maximum Gasteiger partial charge on any atom is 0.352 e. The highest BCUT2D eigenvalue weighted by Crippen LogP contribution is 2.64. The molecule has 1 aliphatic heterocycles. The fraction of sp³-hybridized carbons (Fsp3) is 0.231. The molecule has 3 aromatic rings. The zero-order valence-corrected chi connectivity index (χ0v) is 22.6. The Bertz CT molecular complexity index is 1790. The van der Waals surface area contributed by atoms with Crippen molar-refractivity contribution in [3.8, 4) is 11.4 Å². The third kappa shape index (κ3) is 3.24. The Labute approximate surface area is 239 Å². The highest BCUT2D eigenvalue weighted by Gasteiger charge is 2.71. The van der Waals surface area contributed by atoms with Gasteiger partial charge in [0.25, 0.3) is 0 Å². The number of aromatic hydroxyl groups is 1. The summed E-state index contributed by atoms with van der Waals surface area (Å²) in [5, 5.41) is 9.47. The average Bonchev–Trinajstić information content (AvgIpc) is 3.19. The van der Waals surface area contributed by atoms with Gasteiger partial charge in [-0.1, -0.05) is 59.6 Å². The van der Waals surface area contributed by atoms with Crippen molar-refractivity contribution in [2.75, 3.05) is 0 Å². The van der Waals surface area contributed by atoms with Crippen LogP contribution in [0, 0.1) is 5.82 Å². The molecule has 0 bridgehead atoms. The van der Waals surface area contributed by atoms with Crippen molar-refractivity contribution in [2.45, 2.75) is 34.7 Å². The number of aromatic nitrogens is 3. The van der Waals surface area contributed by atoms with Gasteiger partial charge in [-0.15, -0.1) is 23.2 Å². The molecule has 6 rings (SSSR count). The third-order valence-electron chi connectivity index (χ3n) is 7.65. The van der Waals surface area contributed by atoms with E-state index in [-0.39, 0.29) is 17.7 Å². The first-order valence-corrected chi connectivity index (χ1v) is 13.2. The van der Waals surface area contributed by atoms with Gasteiger partial charge >= 0.3 is 11.4 Å². The van der Waals surface area contributed by atoms with Crippen LogP contribution in [0.4, 0.5) is 4.39 Å². The maximum atomic E-state index is 14.6. The summed E-state index contributed by atoms with van der Waals surface area (Å²) in [4.78, 5) is 49.7. The zero-order valence-electron chi connectivity index (χ0n) is 19.6. The van der Waals surface area contributed by atoms with Gasteiger partial charge in [0.1, 0.15) is 19.8 Å². The summed E-state index contributed by atoms with van der Waals surface area (Å²) in [5.74, 6) is -5.23. The monoisotopic (exact) mass is 609 g/mol. The molecule has 1 aromatic heterocycles. The highest BCUT2D eigenvalue weighted by atomic mass is 35.5. The lowest BCUT2D eigenvalue weighted by atomic mass is 9.59. The van der Waals surface area contributed by atoms with Crippen LogP contribution in [0.5, 0.6) is 5.75 Å². The Morgan fingerprint density at radius 1 is 0.897 bits per heavy atom. The SMILES string of the molecule is O=C1C(Cl)=C(Cl)C(=O)C2(Cl)C(c3cccc(F)c3O)C3=CCn4c(=O)n(-c5ccccc5)c(=O)n4C3CC12Cl. The van der Waals surface area contributed by atoms with E-state index in [4.69, 9.17) is 46.4 Å². The number of allylic oxidation sites excluding steroid dienone is 4. The Kier molecular flexibility index (Phi) is 5.83. The number of alkyl halides is 2. The van der Waals surface area contributed by atoms with Crippen molar-refractivity contribution in [3.63, 3.8) is 0 Å². The van der Waals surface area contributed by atoms with E-state index >= 15 is 0 Å². The second kappa shape index (κ2) is 8.69. The van der Waals surface area contributed by atoms with Gasteiger partial charge in [0, 0.05) is 17.9 Å². The molecular weight excluding hydrogens is 595 g/mol. The molecule has 0 amide bonds. The minimum absolute atomic E-state index is 0.124. The number of Topliss-reactive ketones (excluding diaryl/α,β-unsaturated/α-hetero) is 2. The quantitative estimate of drug-likeness (QED) is 0.347. The van der Waals surface area contributed by atoms with E-state index in [1.165, 1.54) is 16.8 Å². The number of carbonyl (C=O) groups excluding carboxylic acids is 2. The number of rotatable bonds is 2. The molecule has 13 heteroatoms. The minimum Gasteiger partial charge on any atom is -0.505 e. The van der Waals surface area contributed by atoms with Crippen molar-refractivity contribution >= 4 is 58.0 Å². The number of phenols is 1. The van der Waals surface area contributed by atoms with Gasteiger partial charge in [-0.25, -0.2) is 27.9 Å². The van der Waals surface area contributed by atoms with E-state index in [1.54, 1.807) is 36.4 Å². The van der Waals surface area contributed by atoms with Crippen LogP contribution in [0.15, 0.2) is 79.8 Å². The summed E-state index contributed by atoms with van der Waals surface area (Å²) >= 11 is 26.3. The molecule has 3 aliphatic rings. The molecular formula is C26H16Cl4FN3O5. The van der Waals surface area contributed by atoms with E-state index < -0.39 is 72.7 Å². The smallest absolute Gasteiger partial charge is 0.352 e. The molecule has 2 aromatic carbocycles. The molecule has 1 N–H and O–H groups in total. The van der Waals surface area contributed by atoms with Gasteiger partial charge in [-0.05, 0) is 23.8 Å². The number of benzene rings is 2. The first-order chi connectivity index (χ1) is 18.4. The lowest BCUT2D eigenvalue weighted by Gasteiger charge is -2.54. The lowest BCUT2D eigenvalue weighted by molar-refractivity contribution is -0.128. The fourth-order valence-electron chi connectivity index (χ4n) is 5.88. The van der Waals surface area contributed by atoms with Gasteiger partial charge in [0.15, 0.2) is 23.1 Å². The van der Waals surface area contributed by atoms with Crippen molar-refractivity contribution in [1.29, 1.82) is 0 Å². The first-order valence-electron chi connectivity index (χ1n) is 11.6. The van der Waals surface area contributed by atoms with E-state index in [0.717, 1.165) is 15.3 Å². The van der Waals surface area contributed by atoms with Crippen molar-refractivity contribution in [2.24, 2.45) is 0 Å². The topological polar surface area (TPSA) is 103 Å². The summed E-state index contributed by atoms with van der Waals surface area (Å²) in [6.07, 6.45) is 1.13.